The first-order valence-electron chi connectivity index (χ1n) is 6.96. The fraction of sp³-hybridized carbons (Fsp3) is 0.467. The van der Waals surface area contributed by atoms with Crippen LogP contribution in [0.2, 0.25) is 5.02 Å². The summed E-state index contributed by atoms with van der Waals surface area (Å²) < 4.78 is 0. The van der Waals surface area contributed by atoms with Gasteiger partial charge in [0.05, 0.1) is 10.6 Å². The largest absolute Gasteiger partial charge is 0.508 e. The van der Waals surface area contributed by atoms with Crippen LogP contribution >= 0.6 is 11.6 Å². The molecule has 5 nitrogen and oxygen atoms in total. The van der Waals surface area contributed by atoms with E-state index < -0.39 is 17.4 Å². The number of rotatable bonds is 4. The molecule has 2 N–H and O–H groups in total. The molecule has 1 heterocycles. The number of carboxylic acids is 1. The molecule has 1 aliphatic heterocycles. The van der Waals surface area contributed by atoms with Crippen LogP contribution in [0.25, 0.3) is 0 Å². The molecule has 114 valence electrons. The number of phenolic OH excluding ortho intramolecular Hbond substituents is 1. The van der Waals surface area contributed by atoms with Gasteiger partial charge < -0.3 is 15.1 Å². The Hall–Kier alpha value is -1.75. The number of amides is 1. The Balaban J connectivity index is 2.41. The molecule has 1 amide bonds. The highest BCUT2D eigenvalue weighted by molar-refractivity contribution is 6.34. The van der Waals surface area contributed by atoms with Gasteiger partial charge in [0.1, 0.15) is 11.3 Å². The first kappa shape index (κ1) is 15.6. The molecule has 21 heavy (non-hydrogen) atoms. The Morgan fingerprint density at radius 3 is 2.76 bits per heavy atom. The second-order valence-electron chi connectivity index (χ2n) is 5.31. The maximum absolute atomic E-state index is 12.7. The predicted molar refractivity (Wildman–Crippen MR) is 78.7 cm³/mol. The molecule has 0 radical (unpaired) electrons. The van der Waals surface area contributed by atoms with Crippen molar-refractivity contribution in [2.75, 3.05) is 6.54 Å². The van der Waals surface area contributed by atoms with Crippen molar-refractivity contribution in [1.82, 2.24) is 4.90 Å². The molecule has 1 atom stereocenters. The van der Waals surface area contributed by atoms with Crippen LogP contribution in [-0.2, 0) is 4.79 Å². The molecule has 0 bridgehead atoms. The molecule has 1 fully saturated rings. The minimum Gasteiger partial charge on any atom is -0.508 e. The van der Waals surface area contributed by atoms with Crippen molar-refractivity contribution in [1.29, 1.82) is 0 Å². The van der Waals surface area contributed by atoms with Gasteiger partial charge in [-0.2, -0.15) is 0 Å². The lowest BCUT2D eigenvalue weighted by molar-refractivity contribution is -0.148. The van der Waals surface area contributed by atoms with Gasteiger partial charge >= 0.3 is 5.97 Å². The first-order valence-corrected chi connectivity index (χ1v) is 7.34. The van der Waals surface area contributed by atoms with Crippen molar-refractivity contribution < 1.29 is 19.8 Å². The van der Waals surface area contributed by atoms with Gasteiger partial charge in [0.15, 0.2) is 0 Å². The summed E-state index contributed by atoms with van der Waals surface area (Å²) in [5.41, 5.74) is -1.03. The van der Waals surface area contributed by atoms with E-state index in [1.807, 2.05) is 6.92 Å². The summed E-state index contributed by atoms with van der Waals surface area (Å²) in [6.07, 6.45) is 2.17. The minimum absolute atomic E-state index is 0.0710. The zero-order valence-corrected chi connectivity index (χ0v) is 12.6. The van der Waals surface area contributed by atoms with Crippen LogP contribution in [0.5, 0.6) is 5.75 Å². The summed E-state index contributed by atoms with van der Waals surface area (Å²) in [5.74, 6) is -1.49. The normalized spacial score (nSPS) is 21.5. The van der Waals surface area contributed by atoms with E-state index in [1.165, 1.54) is 23.1 Å². The second kappa shape index (κ2) is 5.93. The first-order chi connectivity index (χ1) is 9.92. The molecule has 0 aromatic heterocycles. The second-order valence-corrected chi connectivity index (χ2v) is 5.72. The van der Waals surface area contributed by atoms with Crippen LogP contribution in [0, 0.1) is 0 Å². The van der Waals surface area contributed by atoms with Gasteiger partial charge in [0, 0.05) is 6.54 Å². The van der Waals surface area contributed by atoms with Crippen molar-refractivity contribution in [2.24, 2.45) is 0 Å². The zero-order valence-electron chi connectivity index (χ0n) is 11.8. The fourth-order valence-electron chi connectivity index (χ4n) is 3.00. The van der Waals surface area contributed by atoms with Gasteiger partial charge in [-0.05, 0) is 37.5 Å². The number of benzene rings is 1. The summed E-state index contributed by atoms with van der Waals surface area (Å²) in [6.45, 7) is 2.28. The summed E-state index contributed by atoms with van der Waals surface area (Å²) in [6, 6.07) is 4.10. The third-order valence-electron chi connectivity index (χ3n) is 3.98. The monoisotopic (exact) mass is 311 g/mol. The third kappa shape index (κ3) is 2.70. The van der Waals surface area contributed by atoms with E-state index in [4.69, 9.17) is 11.6 Å². The van der Waals surface area contributed by atoms with E-state index in [0.717, 1.165) is 0 Å². The minimum atomic E-state index is -1.17. The maximum Gasteiger partial charge on any atom is 0.329 e. The number of hydrogen-bond acceptors (Lipinski definition) is 3. The maximum atomic E-state index is 12.7. The van der Waals surface area contributed by atoms with Crippen LogP contribution in [0.1, 0.15) is 43.0 Å². The molecule has 1 unspecified atom stereocenters. The van der Waals surface area contributed by atoms with Crippen molar-refractivity contribution in [2.45, 2.75) is 38.1 Å². The molecule has 2 rings (SSSR count). The lowest BCUT2D eigenvalue weighted by atomic mass is 9.90. The number of hydrogen-bond donors (Lipinski definition) is 2. The SMILES string of the molecule is CCCC1(C(=O)O)CCCN1C(=O)c1cc(O)ccc1Cl. The average molecular weight is 312 g/mol. The molecule has 1 aromatic rings. The Kier molecular flexibility index (Phi) is 4.42. The molecule has 1 saturated heterocycles. The van der Waals surface area contributed by atoms with Crippen molar-refractivity contribution in [3.05, 3.63) is 28.8 Å². The van der Waals surface area contributed by atoms with Crippen LogP contribution in [-0.4, -0.2) is 39.1 Å². The lowest BCUT2D eigenvalue weighted by Gasteiger charge is -2.34. The summed E-state index contributed by atoms with van der Waals surface area (Å²) in [5, 5.41) is 19.3. The van der Waals surface area contributed by atoms with E-state index in [0.29, 0.717) is 32.2 Å². The van der Waals surface area contributed by atoms with Crippen molar-refractivity contribution >= 4 is 23.5 Å². The molecule has 1 aliphatic rings. The average Bonchev–Trinajstić information content (AvgIpc) is 2.86. The molecule has 6 heteroatoms. The van der Waals surface area contributed by atoms with Crippen molar-refractivity contribution in [3.8, 4) is 5.75 Å². The predicted octanol–water partition coefficient (Wildman–Crippen LogP) is 2.91. The summed E-state index contributed by atoms with van der Waals surface area (Å²) >= 11 is 6.01. The van der Waals surface area contributed by atoms with Gasteiger partial charge in [-0.3, -0.25) is 4.79 Å². The number of carboxylic acid groups (broad SMARTS) is 1. The van der Waals surface area contributed by atoms with Gasteiger partial charge in [0.2, 0.25) is 0 Å². The van der Waals surface area contributed by atoms with Crippen molar-refractivity contribution in [3.63, 3.8) is 0 Å². The van der Waals surface area contributed by atoms with Crippen LogP contribution < -0.4 is 0 Å². The molecule has 1 aromatic carbocycles. The highest BCUT2D eigenvalue weighted by atomic mass is 35.5. The van der Waals surface area contributed by atoms with Gasteiger partial charge in [-0.15, -0.1) is 0 Å². The van der Waals surface area contributed by atoms with E-state index in [2.05, 4.69) is 0 Å². The number of halogens is 1. The molecule has 0 saturated carbocycles. The molecule has 0 aliphatic carbocycles. The van der Waals surface area contributed by atoms with Gasteiger partial charge in [0.25, 0.3) is 5.91 Å². The quantitative estimate of drug-likeness (QED) is 0.896. The Morgan fingerprint density at radius 1 is 1.43 bits per heavy atom. The topological polar surface area (TPSA) is 77.8 Å². The van der Waals surface area contributed by atoms with Crippen LogP contribution in [0.4, 0.5) is 0 Å². The summed E-state index contributed by atoms with van der Waals surface area (Å²) in [7, 11) is 0. The number of aromatic hydroxyl groups is 1. The number of aliphatic carboxylic acids is 1. The number of likely N-dealkylation sites (tertiary alicyclic amines) is 1. The standard InChI is InChI=1S/C15H18ClNO4/c1-2-6-15(14(20)21)7-3-8-17(15)13(19)11-9-10(18)4-5-12(11)16/h4-5,9,18H,2-3,6-8H2,1H3,(H,20,21). The van der Waals surface area contributed by atoms with E-state index in [-0.39, 0.29) is 16.3 Å². The molecular formula is C15H18ClNO4. The van der Waals surface area contributed by atoms with Gasteiger partial charge in [-0.25, -0.2) is 4.79 Å². The van der Waals surface area contributed by atoms with Crippen LogP contribution in [0.3, 0.4) is 0 Å². The Bertz CT molecular complexity index is 575. The van der Waals surface area contributed by atoms with Crippen LogP contribution in [0.15, 0.2) is 18.2 Å². The van der Waals surface area contributed by atoms with E-state index >= 15 is 0 Å². The smallest absolute Gasteiger partial charge is 0.329 e. The zero-order chi connectivity index (χ0) is 15.6. The summed E-state index contributed by atoms with van der Waals surface area (Å²) in [4.78, 5) is 25.8. The number of phenols is 1. The fourth-order valence-corrected chi connectivity index (χ4v) is 3.20. The number of carbonyl (C=O) groups is 2. The van der Waals surface area contributed by atoms with E-state index in [1.54, 1.807) is 0 Å². The molecule has 0 spiro atoms. The lowest BCUT2D eigenvalue weighted by Crippen LogP contribution is -2.53. The third-order valence-corrected chi connectivity index (χ3v) is 4.31. The highest BCUT2D eigenvalue weighted by Crippen LogP contribution is 2.36. The Labute approximate surface area is 128 Å². The Morgan fingerprint density at radius 2 is 2.14 bits per heavy atom. The number of nitrogens with zero attached hydrogens (tertiary/aromatic N) is 1. The van der Waals surface area contributed by atoms with Gasteiger partial charge in [-0.1, -0.05) is 24.9 Å². The van der Waals surface area contributed by atoms with E-state index in [9.17, 15) is 19.8 Å². The highest BCUT2D eigenvalue weighted by Gasteiger charge is 2.49. The number of carbonyl (C=O) groups excluding carboxylic acids is 1. The molecular weight excluding hydrogens is 294 g/mol.